The maximum Gasteiger partial charge on any atom is 0.253 e. The molecule has 1 aromatic heterocycles. The minimum absolute atomic E-state index is 0.104. The Balaban J connectivity index is 2.72. The van der Waals surface area contributed by atoms with Crippen LogP contribution < -0.4 is 5.32 Å². The number of carbonyl (C=O) groups excluding carboxylic acids is 1. The van der Waals surface area contributed by atoms with Crippen molar-refractivity contribution in [3.05, 3.63) is 35.7 Å². The summed E-state index contributed by atoms with van der Waals surface area (Å²) in [6.45, 7) is 7.77. The number of aryl methyl sites for hydroxylation is 2. The Morgan fingerprint density at radius 1 is 1.53 bits per heavy atom. The second-order valence-corrected chi connectivity index (χ2v) is 3.32. The number of nitrogens with zero attached hydrogens (tertiary/aromatic N) is 2. The molecule has 0 fully saturated rings. The van der Waals surface area contributed by atoms with E-state index in [2.05, 4.69) is 22.1 Å². The van der Waals surface area contributed by atoms with Gasteiger partial charge in [-0.05, 0) is 26.3 Å². The molecule has 0 radical (unpaired) electrons. The summed E-state index contributed by atoms with van der Waals surface area (Å²) < 4.78 is 0. The van der Waals surface area contributed by atoms with E-state index in [1.807, 2.05) is 6.92 Å². The average molecular weight is 205 g/mol. The first kappa shape index (κ1) is 11.4. The summed E-state index contributed by atoms with van der Waals surface area (Å²) in [5, 5.41) is 10.6. The Kier molecular flexibility index (Phi) is 3.97. The standard InChI is InChI=1S/C11H15N3O/c1-4-5-6-12-11(15)10-7-8(2)13-14-9(10)3/h4,7H,1,5-6H2,2-3H3,(H,12,15). The van der Waals surface area contributed by atoms with Crippen LogP contribution in [-0.2, 0) is 0 Å². The van der Waals surface area contributed by atoms with Gasteiger partial charge in [0.05, 0.1) is 17.0 Å². The van der Waals surface area contributed by atoms with Crippen LogP contribution in [0.2, 0.25) is 0 Å². The highest BCUT2D eigenvalue weighted by Crippen LogP contribution is 2.04. The van der Waals surface area contributed by atoms with Gasteiger partial charge in [0.2, 0.25) is 0 Å². The normalized spacial score (nSPS) is 9.73. The van der Waals surface area contributed by atoms with Gasteiger partial charge in [-0.3, -0.25) is 4.79 Å². The maximum atomic E-state index is 11.7. The molecule has 1 amide bonds. The van der Waals surface area contributed by atoms with Crippen molar-refractivity contribution in [2.24, 2.45) is 0 Å². The van der Waals surface area contributed by atoms with Crippen LogP contribution in [0, 0.1) is 13.8 Å². The molecule has 0 aliphatic heterocycles. The molecule has 15 heavy (non-hydrogen) atoms. The lowest BCUT2D eigenvalue weighted by Crippen LogP contribution is -2.25. The lowest BCUT2D eigenvalue weighted by atomic mass is 10.2. The molecule has 0 aromatic carbocycles. The predicted octanol–water partition coefficient (Wildman–Crippen LogP) is 1.40. The minimum atomic E-state index is -0.104. The largest absolute Gasteiger partial charge is 0.352 e. The summed E-state index contributed by atoms with van der Waals surface area (Å²) in [6.07, 6.45) is 2.53. The van der Waals surface area contributed by atoms with Gasteiger partial charge < -0.3 is 5.32 Å². The topological polar surface area (TPSA) is 54.9 Å². The van der Waals surface area contributed by atoms with Crippen molar-refractivity contribution in [3.8, 4) is 0 Å². The lowest BCUT2D eigenvalue weighted by molar-refractivity contribution is 0.0953. The summed E-state index contributed by atoms with van der Waals surface area (Å²) in [5.41, 5.74) is 1.98. The Bertz CT molecular complexity index is 374. The van der Waals surface area contributed by atoms with Crippen LogP contribution in [0.1, 0.15) is 28.2 Å². The van der Waals surface area contributed by atoms with Gasteiger partial charge in [-0.15, -0.1) is 6.58 Å². The van der Waals surface area contributed by atoms with E-state index in [9.17, 15) is 4.79 Å². The molecule has 0 aliphatic carbocycles. The van der Waals surface area contributed by atoms with Gasteiger partial charge in [0, 0.05) is 6.54 Å². The molecular formula is C11H15N3O. The van der Waals surface area contributed by atoms with Gasteiger partial charge in [0.25, 0.3) is 5.91 Å². The number of amides is 1. The van der Waals surface area contributed by atoms with Gasteiger partial charge in [-0.2, -0.15) is 10.2 Å². The van der Waals surface area contributed by atoms with Crippen LogP contribution in [0.25, 0.3) is 0 Å². The summed E-state index contributed by atoms with van der Waals surface area (Å²) in [6, 6.07) is 1.74. The van der Waals surface area contributed by atoms with E-state index < -0.39 is 0 Å². The monoisotopic (exact) mass is 205 g/mol. The Labute approximate surface area is 89.4 Å². The third-order valence-corrected chi connectivity index (χ3v) is 1.98. The van der Waals surface area contributed by atoms with Crippen molar-refractivity contribution in [1.82, 2.24) is 15.5 Å². The van der Waals surface area contributed by atoms with Crippen molar-refractivity contribution in [2.75, 3.05) is 6.54 Å². The molecule has 0 spiro atoms. The van der Waals surface area contributed by atoms with Crippen LogP contribution in [0.5, 0.6) is 0 Å². The lowest BCUT2D eigenvalue weighted by Gasteiger charge is -2.05. The Morgan fingerprint density at radius 2 is 2.27 bits per heavy atom. The number of aromatic nitrogens is 2. The first-order valence-corrected chi connectivity index (χ1v) is 4.85. The van der Waals surface area contributed by atoms with Gasteiger partial charge in [0.15, 0.2) is 0 Å². The fourth-order valence-corrected chi connectivity index (χ4v) is 1.16. The van der Waals surface area contributed by atoms with Crippen molar-refractivity contribution in [2.45, 2.75) is 20.3 Å². The van der Waals surface area contributed by atoms with E-state index in [-0.39, 0.29) is 5.91 Å². The number of hydrogen-bond donors (Lipinski definition) is 1. The zero-order chi connectivity index (χ0) is 11.3. The SMILES string of the molecule is C=CCCNC(=O)c1cc(C)nnc1C. The van der Waals surface area contributed by atoms with Crippen LogP contribution in [0.4, 0.5) is 0 Å². The van der Waals surface area contributed by atoms with Crippen molar-refractivity contribution in [1.29, 1.82) is 0 Å². The van der Waals surface area contributed by atoms with E-state index in [0.29, 0.717) is 17.8 Å². The van der Waals surface area contributed by atoms with E-state index in [1.165, 1.54) is 0 Å². The molecule has 0 aliphatic rings. The summed E-state index contributed by atoms with van der Waals surface area (Å²) in [7, 11) is 0. The second kappa shape index (κ2) is 5.24. The van der Waals surface area contributed by atoms with Gasteiger partial charge in [-0.1, -0.05) is 6.08 Å². The highest BCUT2D eigenvalue weighted by Gasteiger charge is 2.09. The summed E-state index contributed by atoms with van der Waals surface area (Å²) in [4.78, 5) is 11.7. The molecule has 4 nitrogen and oxygen atoms in total. The Morgan fingerprint density at radius 3 is 2.93 bits per heavy atom. The van der Waals surface area contributed by atoms with Crippen LogP contribution in [0.3, 0.4) is 0 Å². The molecule has 4 heteroatoms. The van der Waals surface area contributed by atoms with Crippen molar-refractivity contribution >= 4 is 5.91 Å². The van der Waals surface area contributed by atoms with E-state index in [4.69, 9.17) is 0 Å². The molecule has 1 aromatic rings. The number of rotatable bonds is 4. The zero-order valence-electron chi connectivity index (χ0n) is 9.08. The molecule has 0 bridgehead atoms. The molecule has 0 atom stereocenters. The molecule has 1 N–H and O–H groups in total. The highest BCUT2D eigenvalue weighted by molar-refractivity contribution is 5.95. The van der Waals surface area contributed by atoms with Crippen LogP contribution in [0.15, 0.2) is 18.7 Å². The van der Waals surface area contributed by atoms with Gasteiger partial charge >= 0.3 is 0 Å². The third kappa shape index (κ3) is 3.16. The van der Waals surface area contributed by atoms with Crippen molar-refractivity contribution < 1.29 is 4.79 Å². The number of carbonyl (C=O) groups is 1. The summed E-state index contributed by atoms with van der Waals surface area (Å²) >= 11 is 0. The molecule has 1 heterocycles. The van der Waals surface area contributed by atoms with Gasteiger partial charge in [0.1, 0.15) is 0 Å². The first-order valence-electron chi connectivity index (χ1n) is 4.85. The Hall–Kier alpha value is -1.71. The van der Waals surface area contributed by atoms with Crippen LogP contribution in [-0.4, -0.2) is 22.6 Å². The van der Waals surface area contributed by atoms with Crippen molar-refractivity contribution in [3.63, 3.8) is 0 Å². The number of nitrogens with one attached hydrogen (secondary N) is 1. The minimum Gasteiger partial charge on any atom is -0.352 e. The fraction of sp³-hybridized carbons (Fsp3) is 0.364. The quantitative estimate of drug-likeness (QED) is 0.597. The number of hydrogen-bond acceptors (Lipinski definition) is 3. The smallest absolute Gasteiger partial charge is 0.253 e. The molecule has 0 saturated heterocycles. The zero-order valence-corrected chi connectivity index (χ0v) is 9.08. The van der Waals surface area contributed by atoms with E-state index in [1.54, 1.807) is 19.1 Å². The highest BCUT2D eigenvalue weighted by atomic mass is 16.1. The maximum absolute atomic E-state index is 11.7. The molecule has 80 valence electrons. The predicted molar refractivity (Wildman–Crippen MR) is 58.7 cm³/mol. The third-order valence-electron chi connectivity index (χ3n) is 1.98. The second-order valence-electron chi connectivity index (χ2n) is 3.32. The molecular weight excluding hydrogens is 190 g/mol. The molecule has 0 saturated carbocycles. The average Bonchev–Trinajstić information content (AvgIpc) is 2.22. The summed E-state index contributed by atoms with van der Waals surface area (Å²) in [5.74, 6) is -0.104. The molecule has 0 unspecified atom stereocenters. The van der Waals surface area contributed by atoms with E-state index in [0.717, 1.165) is 12.1 Å². The first-order chi connectivity index (χ1) is 7.15. The van der Waals surface area contributed by atoms with Gasteiger partial charge in [-0.25, -0.2) is 0 Å². The fourth-order valence-electron chi connectivity index (χ4n) is 1.16. The molecule has 1 rings (SSSR count). The van der Waals surface area contributed by atoms with Crippen LogP contribution >= 0.6 is 0 Å². The van der Waals surface area contributed by atoms with E-state index >= 15 is 0 Å².